The lowest BCUT2D eigenvalue weighted by Gasteiger charge is -2.16. The maximum absolute atomic E-state index is 6.03. The van der Waals surface area contributed by atoms with Crippen molar-refractivity contribution in [2.45, 2.75) is 57.8 Å². The van der Waals surface area contributed by atoms with Crippen molar-refractivity contribution in [3.8, 4) is 0 Å². The highest BCUT2D eigenvalue weighted by atomic mass is 28.3. The average molecular weight is 222 g/mol. The fourth-order valence-corrected chi connectivity index (χ4v) is 3.67. The van der Waals surface area contributed by atoms with Crippen LogP contribution in [0.5, 0.6) is 0 Å². The Kier molecular flexibility index (Phi) is 2.80. The topological polar surface area (TPSA) is 13.1 Å². The fraction of sp³-hybridized carbons (Fsp3) is 0.692. The third-order valence-electron chi connectivity index (χ3n) is 3.13. The van der Waals surface area contributed by atoms with E-state index >= 15 is 0 Å². The molecule has 2 heteroatoms. The number of hydrogen-bond donors (Lipinski definition) is 0. The van der Waals surface area contributed by atoms with Crippen LogP contribution in [0.1, 0.15) is 42.8 Å². The molecule has 0 spiro atoms. The first-order valence-electron chi connectivity index (χ1n) is 6.07. The largest absolute Gasteiger partial charge is 0.466 e. The van der Waals surface area contributed by atoms with E-state index in [2.05, 4.69) is 32.6 Å². The summed E-state index contributed by atoms with van der Waals surface area (Å²) < 4.78 is 6.03. The second-order valence-corrected chi connectivity index (χ2v) is 11.6. The van der Waals surface area contributed by atoms with E-state index in [0.717, 1.165) is 0 Å². The SMILES string of the molecule is CC1CCCc2cc(C[Si](C)(C)C)oc21. The highest BCUT2D eigenvalue weighted by molar-refractivity contribution is 6.75. The third-order valence-corrected chi connectivity index (χ3v) is 4.54. The van der Waals surface area contributed by atoms with Crippen LogP contribution < -0.4 is 0 Å². The number of aryl methyl sites for hydroxylation is 1. The van der Waals surface area contributed by atoms with Gasteiger partial charge in [-0.25, -0.2) is 0 Å². The van der Waals surface area contributed by atoms with E-state index in [1.54, 1.807) is 0 Å². The van der Waals surface area contributed by atoms with Gasteiger partial charge in [0.25, 0.3) is 0 Å². The molecule has 1 nitrogen and oxygen atoms in total. The molecular formula is C13H22OSi. The van der Waals surface area contributed by atoms with Gasteiger partial charge >= 0.3 is 0 Å². The van der Waals surface area contributed by atoms with Gasteiger partial charge in [-0.05, 0) is 30.9 Å². The Bertz CT molecular complexity index is 346. The maximum atomic E-state index is 6.03. The third kappa shape index (κ3) is 2.54. The lowest BCUT2D eigenvalue weighted by Crippen LogP contribution is -2.23. The van der Waals surface area contributed by atoms with Crippen LogP contribution in [0.3, 0.4) is 0 Å². The van der Waals surface area contributed by atoms with Crippen LogP contribution in [-0.4, -0.2) is 8.07 Å². The summed E-state index contributed by atoms with van der Waals surface area (Å²) in [5, 5.41) is 0. The molecule has 1 aliphatic rings. The Hall–Kier alpha value is -0.503. The first-order chi connectivity index (χ1) is 6.96. The van der Waals surface area contributed by atoms with Crippen LogP contribution in [0.2, 0.25) is 19.6 Å². The van der Waals surface area contributed by atoms with Crippen LogP contribution in [0.4, 0.5) is 0 Å². The summed E-state index contributed by atoms with van der Waals surface area (Å²) in [5.41, 5.74) is 1.49. The van der Waals surface area contributed by atoms with Gasteiger partial charge < -0.3 is 4.42 Å². The standard InChI is InChI=1S/C13H22OSi/c1-10-6-5-7-11-8-12(14-13(10)11)9-15(2,3)4/h8,10H,5-7,9H2,1-4H3. The van der Waals surface area contributed by atoms with Crippen LogP contribution in [-0.2, 0) is 12.5 Å². The molecule has 0 fully saturated rings. The Morgan fingerprint density at radius 3 is 2.73 bits per heavy atom. The first kappa shape index (κ1) is 11.0. The summed E-state index contributed by atoms with van der Waals surface area (Å²) >= 11 is 0. The molecule has 84 valence electrons. The number of fused-ring (bicyclic) bond motifs is 1. The van der Waals surface area contributed by atoms with Gasteiger partial charge in [-0.3, -0.25) is 0 Å². The van der Waals surface area contributed by atoms with Crippen molar-refractivity contribution in [3.63, 3.8) is 0 Å². The fourth-order valence-electron chi connectivity index (χ4n) is 2.45. The van der Waals surface area contributed by atoms with Crippen LogP contribution >= 0.6 is 0 Å². The highest BCUT2D eigenvalue weighted by Crippen LogP contribution is 2.34. The van der Waals surface area contributed by atoms with Gasteiger partial charge in [0.05, 0.1) is 8.07 Å². The summed E-state index contributed by atoms with van der Waals surface area (Å²) in [7, 11) is -1.03. The number of furan rings is 1. The molecule has 0 amide bonds. The zero-order valence-corrected chi connectivity index (χ0v) is 11.4. The molecular weight excluding hydrogens is 200 g/mol. The van der Waals surface area contributed by atoms with Gasteiger partial charge in [0.2, 0.25) is 0 Å². The predicted molar refractivity (Wildman–Crippen MR) is 67.1 cm³/mol. The minimum atomic E-state index is -1.03. The minimum Gasteiger partial charge on any atom is -0.466 e. The van der Waals surface area contributed by atoms with E-state index in [1.807, 2.05) is 0 Å². The molecule has 0 saturated carbocycles. The molecule has 0 aromatic carbocycles. The van der Waals surface area contributed by atoms with Crippen LogP contribution in [0.25, 0.3) is 0 Å². The summed E-state index contributed by atoms with van der Waals surface area (Å²) in [5.74, 6) is 3.17. The Morgan fingerprint density at radius 1 is 1.40 bits per heavy atom. The van der Waals surface area contributed by atoms with E-state index in [1.165, 1.54) is 42.4 Å². The summed E-state index contributed by atoms with van der Waals surface area (Å²) in [6, 6.07) is 3.51. The normalized spacial score (nSPS) is 21.5. The molecule has 1 aromatic rings. The van der Waals surface area contributed by atoms with E-state index in [4.69, 9.17) is 4.42 Å². The van der Waals surface area contributed by atoms with E-state index < -0.39 is 8.07 Å². The van der Waals surface area contributed by atoms with Crippen LogP contribution in [0, 0.1) is 0 Å². The van der Waals surface area contributed by atoms with Gasteiger partial charge in [-0.15, -0.1) is 0 Å². The van der Waals surface area contributed by atoms with Crippen molar-refractivity contribution in [2.75, 3.05) is 0 Å². The molecule has 1 atom stereocenters. The quantitative estimate of drug-likeness (QED) is 0.685. The smallest absolute Gasteiger partial charge is 0.110 e. The van der Waals surface area contributed by atoms with Gasteiger partial charge in [-0.2, -0.15) is 0 Å². The average Bonchev–Trinajstić information content (AvgIpc) is 2.45. The second kappa shape index (κ2) is 3.82. The molecule has 15 heavy (non-hydrogen) atoms. The maximum Gasteiger partial charge on any atom is 0.110 e. The summed E-state index contributed by atoms with van der Waals surface area (Å²) in [4.78, 5) is 0. The van der Waals surface area contributed by atoms with Gasteiger partial charge in [0.1, 0.15) is 11.5 Å². The predicted octanol–water partition coefficient (Wildman–Crippen LogP) is 4.14. The zero-order chi connectivity index (χ0) is 11.1. The Morgan fingerprint density at radius 2 is 2.13 bits per heavy atom. The summed E-state index contributed by atoms with van der Waals surface area (Å²) in [6.45, 7) is 9.49. The van der Waals surface area contributed by atoms with E-state index in [0.29, 0.717) is 5.92 Å². The van der Waals surface area contributed by atoms with Crippen molar-refractivity contribution in [2.24, 2.45) is 0 Å². The molecule has 0 aliphatic heterocycles. The van der Waals surface area contributed by atoms with Gasteiger partial charge in [-0.1, -0.05) is 26.6 Å². The van der Waals surface area contributed by atoms with E-state index in [9.17, 15) is 0 Å². The molecule has 1 unspecified atom stereocenters. The van der Waals surface area contributed by atoms with Crippen molar-refractivity contribution >= 4 is 8.07 Å². The second-order valence-electron chi connectivity index (χ2n) is 6.13. The van der Waals surface area contributed by atoms with Gasteiger partial charge in [0.15, 0.2) is 0 Å². The minimum absolute atomic E-state index is 0.643. The molecule has 0 saturated heterocycles. The highest BCUT2D eigenvalue weighted by Gasteiger charge is 2.23. The van der Waals surface area contributed by atoms with Crippen LogP contribution in [0.15, 0.2) is 10.5 Å². The molecule has 1 aromatic heterocycles. The number of hydrogen-bond acceptors (Lipinski definition) is 1. The van der Waals surface area contributed by atoms with Crippen molar-refractivity contribution in [1.82, 2.24) is 0 Å². The molecule has 1 heterocycles. The first-order valence-corrected chi connectivity index (χ1v) is 9.78. The molecule has 0 N–H and O–H groups in total. The molecule has 2 rings (SSSR count). The molecule has 0 radical (unpaired) electrons. The Balaban J connectivity index is 2.22. The Labute approximate surface area is 93.9 Å². The van der Waals surface area contributed by atoms with Crippen molar-refractivity contribution in [3.05, 3.63) is 23.2 Å². The number of rotatable bonds is 2. The molecule has 0 bridgehead atoms. The van der Waals surface area contributed by atoms with E-state index in [-0.39, 0.29) is 0 Å². The monoisotopic (exact) mass is 222 g/mol. The molecule has 1 aliphatic carbocycles. The van der Waals surface area contributed by atoms with Gasteiger partial charge in [0, 0.05) is 12.0 Å². The lowest BCUT2D eigenvalue weighted by atomic mass is 9.90. The van der Waals surface area contributed by atoms with Crippen molar-refractivity contribution < 1.29 is 4.42 Å². The lowest BCUT2D eigenvalue weighted by molar-refractivity contribution is 0.415. The summed E-state index contributed by atoms with van der Waals surface area (Å²) in [6.07, 6.45) is 3.86. The zero-order valence-electron chi connectivity index (χ0n) is 10.4. The van der Waals surface area contributed by atoms with Crippen molar-refractivity contribution in [1.29, 1.82) is 0 Å².